The molecule has 1 aliphatic heterocycles. The number of thioether (sulfide) groups is 1. The number of nitrogens with one attached hydrogen (secondary N) is 1. The molecule has 16 heavy (non-hydrogen) atoms. The van der Waals surface area contributed by atoms with Crippen molar-refractivity contribution in [1.82, 2.24) is 5.32 Å². The van der Waals surface area contributed by atoms with Crippen molar-refractivity contribution in [2.45, 2.75) is 24.5 Å². The average Bonchev–Trinajstić information content (AvgIpc) is 2.60. The van der Waals surface area contributed by atoms with Gasteiger partial charge in [0.2, 0.25) is 0 Å². The molecule has 1 unspecified atom stereocenters. The minimum absolute atomic E-state index is 0.0551. The van der Waals surface area contributed by atoms with Gasteiger partial charge in [-0.2, -0.15) is 13.2 Å². The van der Waals surface area contributed by atoms with Crippen molar-refractivity contribution >= 4 is 11.8 Å². The molecule has 1 nitrogen and oxygen atoms in total. The first kappa shape index (κ1) is 11.8. The van der Waals surface area contributed by atoms with Gasteiger partial charge in [-0.25, -0.2) is 0 Å². The topological polar surface area (TPSA) is 12.0 Å². The van der Waals surface area contributed by atoms with Gasteiger partial charge in [-0.15, -0.1) is 0 Å². The Hall–Kier alpha value is -0.680. The molecule has 0 radical (unpaired) electrons. The lowest BCUT2D eigenvalue weighted by atomic mass is 10.0. The normalized spacial score (nSPS) is 19.8. The molecule has 1 aliphatic rings. The lowest BCUT2D eigenvalue weighted by Gasteiger charge is -2.12. The number of hydrogen-bond donors (Lipinski definition) is 1. The lowest BCUT2D eigenvalue weighted by molar-refractivity contribution is -0.0328. The van der Waals surface area contributed by atoms with Crippen molar-refractivity contribution in [1.29, 1.82) is 0 Å². The zero-order valence-corrected chi connectivity index (χ0v) is 9.37. The first-order valence-electron chi connectivity index (χ1n) is 5.08. The standard InChI is InChI=1S/C11H12F3NS/c12-11(13,14)16-6-5-10-9-4-2-1-3-8(9)7-15-10/h1-4,10,15H,5-7H2. The molecule has 0 fully saturated rings. The molecule has 1 atom stereocenters. The van der Waals surface area contributed by atoms with Crippen LogP contribution in [0.1, 0.15) is 23.6 Å². The van der Waals surface area contributed by atoms with Crippen molar-refractivity contribution in [3.63, 3.8) is 0 Å². The van der Waals surface area contributed by atoms with E-state index in [1.54, 1.807) is 0 Å². The van der Waals surface area contributed by atoms with Crippen molar-refractivity contribution in [3.8, 4) is 0 Å². The van der Waals surface area contributed by atoms with E-state index in [1.807, 2.05) is 24.3 Å². The fourth-order valence-corrected chi connectivity index (χ4v) is 2.51. The molecule has 0 spiro atoms. The summed E-state index contributed by atoms with van der Waals surface area (Å²) in [7, 11) is 0. The highest BCUT2D eigenvalue weighted by Crippen LogP contribution is 2.34. The van der Waals surface area contributed by atoms with Crippen LogP contribution in [0.4, 0.5) is 13.2 Å². The fourth-order valence-electron chi connectivity index (χ4n) is 1.93. The van der Waals surface area contributed by atoms with E-state index in [4.69, 9.17) is 0 Å². The highest BCUT2D eigenvalue weighted by Gasteiger charge is 2.29. The van der Waals surface area contributed by atoms with Gasteiger partial charge in [-0.3, -0.25) is 0 Å². The molecule has 1 aromatic carbocycles. The van der Waals surface area contributed by atoms with E-state index >= 15 is 0 Å². The Labute approximate surface area is 96.4 Å². The summed E-state index contributed by atoms with van der Waals surface area (Å²) >= 11 is 0.0551. The van der Waals surface area contributed by atoms with Gasteiger partial charge < -0.3 is 5.32 Å². The third kappa shape index (κ3) is 2.92. The average molecular weight is 247 g/mol. The van der Waals surface area contributed by atoms with Crippen molar-refractivity contribution in [3.05, 3.63) is 35.4 Å². The first-order valence-corrected chi connectivity index (χ1v) is 6.07. The molecule has 0 aliphatic carbocycles. The number of benzene rings is 1. The van der Waals surface area contributed by atoms with Gasteiger partial charge >= 0.3 is 5.51 Å². The molecule has 5 heteroatoms. The summed E-state index contributed by atoms with van der Waals surface area (Å²) in [5.74, 6) is 0.107. The maximum Gasteiger partial charge on any atom is 0.441 e. The summed E-state index contributed by atoms with van der Waals surface area (Å²) in [6, 6.07) is 7.95. The first-order chi connectivity index (χ1) is 7.56. The summed E-state index contributed by atoms with van der Waals surface area (Å²) < 4.78 is 35.9. The van der Waals surface area contributed by atoms with E-state index < -0.39 is 5.51 Å². The number of alkyl halides is 3. The smallest absolute Gasteiger partial charge is 0.306 e. The van der Waals surface area contributed by atoms with E-state index in [2.05, 4.69) is 5.32 Å². The van der Waals surface area contributed by atoms with E-state index in [0.29, 0.717) is 6.42 Å². The predicted molar refractivity (Wildman–Crippen MR) is 59.2 cm³/mol. The van der Waals surface area contributed by atoms with Crippen LogP contribution in [0, 0.1) is 0 Å². The van der Waals surface area contributed by atoms with Crippen LogP contribution in [0.2, 0.25) is 0 Å². The molecule has 0 bridgehead atoms. The molecule has 2 rings (SSSR count). The van der Waals surface area contributed by atoms with Gasteiger partial charge in [0.25, 0.3) is 0 Å². The summed E-state index contributed by atoms with van der Waals surface area (Å²) in [6.45, 7) is 0.761. The Morgan fingerprint density at radius 1 is 1.31 bits per heavy atom. The van der Waals surface area contributed by atoms with E-state index in [-0.39, 0.29) is 23.6 Å². The van der Waals surface area contributed by atoms with Crippen molar-refractivity contribution in [2.75, 3.05) is 5.75 Å². The van der Waals surface area contributed by atoms with Crippen LogP contribution >= 0.6 is 11.8 Å². The van der Waals surface area contributed by atoms with Gasteiger partial charge in [-0.1, -0.05) is 36.0 Å². The second-order valence-corrected chi connectivity index (χ2v) is 4.88. The third-order valence-corrected chi connectivity index (χ3v) is 3.41. The van der Waals surface area contributed by atoms with E-state index in [0.717, 1.165) is 12.1 Å². The Kier molecular flexibility index (Phi) is 3.44. The molecule has 88 valence electrons. The SMILES string of the molecule is FC(F)(F)SCCC1NCc2ccccc21. The monoisotopic (exact) mass is 247 g/mol. The summed E-state index contributed by atoms with van der Waals surface area (Å²) in [6.07, 6.45) is 0.515. The molecule has 1 N–H and O–H groups in total. The lowest BCUT2D eigenvalue weighted by Crippen LogP contribution is -2.14. The highest BCUT2D eigenvalue weighted by molar-refractivity contribution is 8.00. The summed E-state index contributed by atoms with van der Waals surface area (Å²) in [5, 5.41) is 3.23. The second-order valence-electron chi connectivity index (χ2n) is 3.72. The zero-order chi connectivity index (χ0) is 11.6. The number of halogens is 3. The van der Waals surface area contributed by atoms with E-state index in [1.165, 1.54) is 5.56 Å². The van der Waals surface area contributed by atoms with Crippen molar-refractivity contribution < 1.29 is 13.2 Å². The van der Waals surface area contributed by atoms with Gasteiger partial charge in [-0.05, 0) is 17.5 Å². The number of hydrogen-bond acceptors (Lipinski definition) is 2. The molecule has 0 amide bonds. The molecule has 1 aromatic rings. The van der Waals surface area contributed by atoms with Gasteiger partial charge in [0, 0.05) is 18.3 Å². The molecular formula is C11H12F3NS. The number of rotatable bonds is 3. The second kappa shape index (κ2) is 4.67. The highest BCUT2D eigenvalue weighted by atomic mass is 32.2. The van der Waals surface area contributed by atoms with E-state index in [9.17, 15) is 13.2 Å². The summed E-state index contributed by atoms with van der Waals surface area (Å²) in [4.78, 5) is 0. The maximum absolute atomic E-state index is 12.0. The Morgan fingerprint density at radius 2 is 2.06 bits per heavy atom. The zero-order valence-electron chi connectivity index (χ0n) is 8.55. The molecule has 0 aromatic heterocycles. The van der Waals surface area contributed by atoms with Crippen LogP contribution in [0.5, 0.6) is 0 Å². The van der Waals surface area contributed by atoms with Crippen LogP contribution in [-0.4, -0.2) is 11.3 Å². The van der Waals surface area contributed by atoms with Gasteiger partial charge in [0.15, 0.2) is 0 Å². The van der Waals surface area contributed by atoms with Crippen LogP contribution < -0.4 is 5.32 Å². The quantitative estimate of drug-likeness (QED) is 0.877. The number of fused-ring (bicyclic) bond motifs is 1. The van der Waals surface area contributed by atoms with Crippen LogP contribution in [0.25, 0.3) is 0 Å². The Balaban J connectivity index is 1.89. The Morgan fingerprint density at radius 3 is 2.81 bits per heavy atom. The minimum atomic E-state index is -4.11. The van der Waals surface area contributed by atoms with Gasteiger partial charge in [0.05, 0.1) is 0 Å². The fraction of sp³-hybridized carbons (Fsp3) is 0.455. The molecule has 1 heterocycles. The van der Waals surface area contributed by atoms with Gasteiger partial charge in [0.1, 0.15) is 0 Å². The van der Waals surface area contributed by atoms with Crippen molar-refractivity contribution in [2.24, 2.45) is 0 Å². The van der Waals surface area contributed by atoms with Crippen LogP contribution in [0.3, 0.4) is 0 Å². The minimum Gasteiger partial charge on any atom is -0.306 e. The predicted octanol–water partition coefficient (Wildman–Crippen LogP) is 3.47. The maximum atomic E-state index is 12.0. The molecule has 0 saturated carbocycles. The third-order valence-electron chi connectivity index (χ3n) is 2.64. The largest absolute Gasteiger partial charge is 0.441 e. The molecular weight excluding hydrogens is 235 g/mol. The van der Waals surface area contributed by atoms with Crippen LogP contribution in [0.15, 0.2) is 24.3 Å². The van der Waals surface area contributed by atoms with Crippen LogP contribution in [-0.2, 0) is 6.54 Å². The summed E-state index contributed by atoms with van der Waals surface area (Å²) in [5.41, 5.74) is -1.77. The molecule has 0 saturated heterocycles. The Bertz CT molecular complexity index is 364.